The van der Waals surface area contributed by atoms with Crippen LogP contribution in [-0.2, 0) is 4.79 Å². The summed E-state index contributed by atoms with van der Waals surface area (Å²) in [5.74, 6) is 0.442. The van der Waals surface area contributed by atoms with Gasteiger partial charge in [-0.05, 0) is 71.6 Å². The van der Waals surface area contributed by atoms with Gasteiger partial charge in [0.1, 0.15) is 5.52 Å². The van der Waals surface area contributed by atoms with Crippen molar-refractivity contribution in [3.8, 4) is 0 Å². The van der Waals surface area contributed by atoms with Crippen molar-refractivity contribution in [3.63, 3.8) is 0 Å². The quantitative estimate of drug-likeness (QED) is 0.668. The Bertz CT molecular complexity index is 1130. The van der Waals surface area contributed by atoms with Crippen LogP contribution in [0.4, 0.5) is 6.01 Å². The summed E-state index contributed by atoms with van der Waals surface area (Å²) in [5, 5.41) is 3.32. The van der Waals surface area contributed by atoms with E-state index >= 15 is 0 Å². The van der Waals surface area contributed by atoms with Gasteiger partial charge in [-0.3, -0.25) is 9.59 Å². The number of hydrogen-bond donors (Lipinski definition) is 1. The third kappa shape index (κ3) is 4.62. The average Bonchev–Trinajstić information content (AvgIpc) is 3.54. The van der Waals surface area contributed by atoms with Crippen molar-refractivity contribution in [2.75, 3.05) is 25.0 Å². The van der Waals surface area contributed by atoms with Crippen LogP contribution >= 0.6 is 0 Å². The summed E-state index contributed by atoms with van der Waals surface area (Å²) < 4.78 is 6.22. The molecule has 6 rings (SSSR count). The molecule has 200 valence electrons. The number of oxazole rings is 1. The van der Waals surface area contributed by atoms with Crippen LogP contribution in [0.15, 0.2) is 22.6 Å². The standard InChI is InChI=1S/C29H41N5O3/c1-18-16-33(28(36)20-8-4-5-9-20)17-19(2)34(18)29-31-26-24(12-7-13-25(26)37-29)27(35)30-21-14-22-10-6-11-23(15-21)32(22)3/h7,12-13,18-23H,4-6,8-11,14-17H2,1-3H3,(H,30,35). The van der Waals surface area contributed by atoms with E-state index in [2.05, 4.69) is 36.0 Å². The van der Waals surface area contributed by atoms with Gasteiger partial charge in [-0.15, -0.1) is 0 Å². The lowest BCUT2D eigenvalue weighted by Crippen LogP contribution is -2.59. The maximum atomic E-state index is 13.4. The third-order valence-corrected chi connectivity index (χ3v) is 9.48. The monoisotopic (exact) mass is 507 g/mol. The second-order valence-corrected chi connectivity index (χ2v) is 12.0. The van der Waals surface area contributed by atoms with Gasteiger partial charge >= 0.3 is 0 Å². The third-order valence-electron chi connectivity index (χ3n) is 9.48. The van der Waals surface area contributed by atoms with Gasteiger partial charge in [0.05, 0.1) is 5.56 Å². The SMILES string of the molecule is CC1CN(C(=O)C2CCCC2)CC(C)N1c1nc2c(C(=O)NC3CC4CCCC(C3)N4C)cccc2o1. The zero-order valence-corrected chi connectivity index (χ0v) is 22.5. The van der Waals surface area contributed by atoms with Crippen molar-refractivity contribution in [2.24, 2.45) is 5.92 Å². The highest BCUT2D eigenvalue weighted by Gasteiger charge is 2.38. The van der Waals surface area contributed by atoms with Crippen molar-refractivity contribution in [1.82, 2.24) is 20.1 Å². The van der Waals surface area contributed by atoms with Gasteiger partial charge < -0.3 is 24.4 Å². The minimum atomic E-state index is -0.0637. The topological polar surface area (TPSA) is 81.9 Å². The maximum absolute atomic E-state index is 13.4. The fourth-order valence-corrected chi connectivity index (χ4v) is 7.54. The van der Waals surface area contributed by atoms with E-state index in [9.17, 15) is 9.59 Å². The van der Waals surface area contributed by atoms with Crippen molar-refractivity contribution < 1.29 is 14.0 Å². The molecule has 1 aromatic carbocycles. The molecule has 4 fully saturated rings. The molecule has 37 heavy (non-hydrogen) atoms. The number of amides is 2. The van der Waals surface area contributed by atoms with Crippen molar-refractivity contribution >= 4 is 28.9 Å². The Kier molecular flexibility index (Phi) is 6.63. The molecule has 8 nitrogen and oxygen atoms in total. The van der Waals surface area contributed by atoms with Gasteiger partial charge in [0, 0.05) is 49.2 Å². The molecule has 2 bridgehead atoms. The molecule has 4 unspecified atom stereocenters. The Morgan fingerprint density at radius 2 is 1.65 bits per heavy atom. The smallest absolute Gasteiger partial charge is 0.299 e. The minimum Gasteiger partial charge on any atom is -0.423 e. The number of fused-ring (bicyclic) bond motifs is 3. The largest absolute Gasteiger partial charge is 0.423 e. The Hall–Kier alpha value is -2.61. The molecule has 0 radical (unpaired) electrons. The van der Waals surface area contributed by atoms with E-state index in [1.54, 1.807) is 0 Å². The molecule has 4 atom stereocenters. The molecule has 3 saturated heterocycles. The van der Waals surface area contributed by atoms with Crippen LogP contribution in [0.3, 0.4) is 0 Å². The molecular weight excluding hydrogens is 466 g/mol. The van der Waals surface area contributed by atoms with E-state index in [4.69, 9.17) is 9.40 Å². The molecular formula is C29H41N5O3. The number of benzene rings is 1. The van der Waals surface area contributed by atoms with Crippen LogP contribution in [0.25, 0.3) is 11.1 Å². The van der Waals surface area contributed by atoms with Crippen LogP contribution < -0.4 is 10.2 Å². The predicted octanol–water partition coefficient (Wildman–Crippen LogP) is 4.19. The van der Waals surface area contributed by atoms with E-state index in [-0.39, 0.29) is 30.0 Å². The fraction of sp³-hybridized carbons (Fsp3) is 0.690. The second-order valence-electron chi connectivity index (χ2n) is 12.0. The summed E-state index contributed by atoms with van der Waals surface area (Å²) in [6.07, 6.45) is 10.1. The Morgan fingerprint density at radius 1 is 0.973 bits per heavy atom. The lowest BCUT2D eigenvalue weighted by Gasteiger charge is -2.47. The molecule has 1 aromatic heterocycles. The summed E-state index contributed by atoms with van der Waals surface area (Å²) >= 11 is 0. The number of piperidine rings is 2. The number of nitrogens with one attached hydrogen (secondary N) is 1. The zero-order valence-electron chi connectivity index (χ0n) is 22.5. The molecule has 4 heterocycles. The van der Waals surface area contributed by atoms with E-state index in [0.29, 0.717) is 53.8 Å². The minimum absolute atomic E-state index is 0.0637. The van der Waals surface area contributed by atoms with Crippen LogP contribution in [0.2, 0.25) is 0 Å². The first kappa shape index (κ1) is 24.7. The molecule has 8 heteroatoms. The number of carbonyl (C=O) groups excluding carboxylic acids is 2. The van der Waals surface area contributed by atoms with E-state index in [1.165, 1.54) is 32.1 Å². The lowest BCUT2D eigenvalue weighted by molar-refractivity contribution is -0.136. The highest BCUT2D eigenvalue weighted by molar-refractivity contribution is 6.04. The Balaban J connectivity index is 1.18. The molecule has 4 aliphatic rings. The Labute approximate surface area is 219 Å². The molecule has 2 amide bonds. The number of piperazine rings is 1. The molecule has 3 aliphatic heterocycles. The van der Waals surface area contributed by atoms with Crippen molar-refractivity contribution in [1.29, 1.82) is 0 Å². The number of nitrogens with zero attached hydrogens (tertiary/aromatic N) is 4. The molecule has 1 N–H and O–H groups in total. The number of para-hydroxylation sites is 1. The van der Waals surface area contributed by atoms with Gasteiger partial charge in [-0.25, -0.2) is 0 Å². The van der Waals surface area contributed by atoms with Crippen molar-refractivity contribution in [3.05, 3.63) is 23.8 Å². The Morgan fingerprint density at radius 3 is 2.32 bits per heavy atom. The molecule has 1 aliphatic carbocycles. The van der Waals surface area contributed by atoms with Gasteiger partial charge in [-0.1, -0.05) is 25.3 Å². The normalized spacial score (nSPS) is 31.2. The van der Waals surface area contributed by atoms with Gasteiger partial charge in [0.2, 0.25) is 5.91 Å². The summed E-state index contributed by atoms with van der Waals surface area (Å²) in [7, 11) is 2.23. The highest BCUT2D eigenvalue weighted by Crippen LogP contribution is 2.34. The summed E-state index contributed by atoms with van der Waals surface area (Å²) in [5.41, 5.74) is 1.82. The van der Waals surface area contributed by atoms with Crippen LogP contribution in [0, 0.1) is 5.92 Å². The number of hydrogen-bond acceptors (Lipinski definition) is 6. The van der Waals surface area contributed by atoms with Crippen LogP contribution in [0.5, 0.6) is 0 Å². The molecule has 1 saturated carbocycles. The predicted molar refractivity (Wildman–Crippen MR) is 144 cm³/mol. The van der Waals surface area contributed by atoms with Gasteiger partial charge in [0.25, 0.3) is 11.9 Å². The highest BCUT2D eigenvalue weighted by atomic mass is 16.4. The fourth-order valence-electron chi connectivity index (χ4n) is 7.54. The first-order valence-corrected chi connectivity index (χ1v) is 14.4. The first-order chi connectivity index (χ1) is 17.9. The van der Waals surface area contributed by atoms with Crippen molar-refractivity contribution in [2.45, 2.75) is 102 Å². The number of anilines is 1. The number of carbonyl (C=O) groups is 2. The summed E-state index contributed by atoms with van der Waals surface area (Å²) in [6.45, 7) is 5.60. The van der Waals surface area contributed by atoms with E-state index < -0.39 is 0 Å². The maximum Gasteiger partial charge on any atom is 0.299 e. The van der Waals surface area contributed by atoms with Crippen LogP contribution in [0.1, 0.15) is 82.0 Å². The molecule has 0 spiro atoms. The average molecular weight is 508 g/mol. The lowest BCUT2D eigenvalue weighted by atomic mass is 9.82. The van der Waals surface area contributed by atoms with E-state index in [1.807, 2.05) is 23.1 Å². The second kappa shape index (κ2) is 9.93. The summed E-state index contributed by atoms with van der Waals surface area (Å²) in [4.78, 5) is 38.1. The molecule has 2 aromatic rings. The van der Waals surface area contributed by atoms with Crippen LogP contribution in [-0.4, -0.2) is 76.9 Å². The van der Waals surface area contributed by atoms with Gasteiger partial charge in [0.15, 0.2) is 5.58 Å². The zero-order chi connectivity index (χ0) is 25.7. The summed E-state index contributed by atoms with van der Waals surface area (Å²) in [6, 6.07) is 7.65. The van der Waals surface area contributed by atoms with E-state index in [0.717, 1.165) is 25.7 Å². The number of rotatable bonds is 4. The first-order valence-electron chi connectivity index (χ1n) is 14.4. The van der Waals surface area contributed by atoms with Gasteiger partial charge in [-0.2, -0.15) is 4.98 Å². The number of aromatic nitrogens is 1.